The van der Waals surface area contributed by atoms with Crippen LogP contribution in [0.1, 0.15) is 36.0 Å². The van der Waals surface area contributed by atoms with Crippen molar-refractivity contribution >= 4 is 11.9 Å². The van der Waals surface area contributed by atoms with E-state index in [1.54, 1.807) is 0 Å². The van der Waals surface area contributed by atoms with E-state index in [9.17, 15) is 18.4 Å². The molecule has 1 aromatic carbocycles. The molecular weight excluding hydrogens is 336 g/mol. The molecule has 8 heteroatoms. The number of carbonyl (C=O) groups is 2. The lowest BCUT2D eigenvalue weighted by molar-refractivity contribution is -0.141. The van der Waals surface area contributed by atoms with Crippen molar-refractivity contribution in [3.8, 4) is 5.75 Å². The van der Waals surface area contributed by atoms with Crippen LogP contribution in [0.2, 0.25) is 0 Å². The number of piperidine rings is 1. The van der Waals surface area contributed by atoms with Gasteiger partial charge < -0.3 is 20.3 Å². The van der Waals surface area contributed by atoms with Crippen molar-refractivity contribution in [2.45, 2.75) is 37.8 Å². The molecule has 2 fully saturated rings. The summed E-state index contributed by atoms with van der Waals surface area (Å²) in [5.41, 5.74) is -0.422. The van der Waals surface area contributed by atoms with Crippen LogP contribution in [0.15, 0.2) is 12.1 Å². The van der Waals surface area contributed by atoms with Gasteiger partial charge in [0.05, 0.1) is 6.10 Å². The van der Waals surface area contributed by atoms with Crippen LogP contribution < -0.4 is 10.1 Å². The zero-order valence-corrected chi connectivity index (χ0v) is 13.4. The van der Waals surface area contributed by atoms with Crippen LogP contribution >= 0.6 is 0 Å². The number of carboxylic acids is 2. The summed E-state index contributed by atoms with van der Waals surface area (Å²) < 4.78 is 32.4. The Kier molecular flexibility index (Phi) is 4.89. The van der Waals surface area contributed by atoms with E-state index in [0.717, 1.165) is 12.5 Å². The molecule has 1 heterocycles. The van der Waals surface area contributed by atoms with E-state index < -0.39 is 35.2 Å². The monoisotopic (exact) mass is 355 g/mol. The Labute approximate surface area is 142 Å². The second kappa shape index (κ2) is 6.95. The van der Waals surface area contributed by atoms with Crippen LogP contribution in [-0.4, -0.2) is 40.8 Å². The molecule has 0 spiro atoms. The predicted octanol–water partition coefficient (Wildman–Crippen LogP) is 2.27. The Hall–Kier alpha value is -2.22. The second-order valence-electron chi connectivity index (χ2n) is 6.68. The molecule has 1 aliphatic carbocycles. The molecule has 3 rings (SSSR count). The average molecular weight is 355 g/mol. The molecule has 25 heavy (non-hydrogen) atoms. The highest BCUT2D eigenvalue weighted by atomic mass is 19.2. The van der Waals surface area contributed by atoms with Crippen molar-refractivity contribution < 1.29 is 33.3 Å². The summed E-state index contributed by atoms with van der Waals surface area (Å²) in [6.07, 6.45) is 2.15. The SMILES string of the molecule is O=C(O)c1cc(F)c(F)cc1OC1CCC2CNC(C(=O)O)CC2C1. The van der Waals surface area contributed by atoms with Crippen molar-refractivity contribution in [2.75, 3.05) is 6.54 Å². The van der Waals surface area contributed by atoms with Gasteiger partial charge in [-0.15, -0.1) is 0 Å². The van der Waals surface area contributed by atoms with Crippen molar-refractivity contribution in [3.63, 3.8) is 0 Å². The van der Waals surface area contributed by atoms with Crippen LogP contribution in [0, 0.1) is 23.5 Å². The van der Waals surface area contributed by atoms with E-state index in [0.29, 0.717) is 37.8 Å². The molecule has 1 saturated heterocycles. The molecule has 1 aliphatic heterocycles. The van der Waals surface area contributed by atoms with Gasteiger partial charge in [-0.2, -0.15) is 0 Å². The zero-order valence-electron chi connectivity index (χ0n) is 13.4. The smallest absolute Gasteiger partial charge is 0.339 e. The fourth-order valence-electron chi connectivity index (χ4n) is 3.79. The minimum atomic E-state index is -1.39. The van der Waals surface area contributed by atoms with Gasteiger partial charge in [0, 0.05) is 6.07 Å². The average Bonchev–Trinajstić information content (AvgIpc) is 2.57. The number of aliphatic carboxylic acids is 1. The predicted molar refractivity (Wildman–Crippen MR) is 82.6 cm³/mol. The molecule has 4 unspecified atom stereocenters. The standard InChI is InChI=1S/C17H19F2NO5/c18-12-5-11(16(21)22)15(6-13(12)19)25-10-2-1-8-7-20-14(17(23)24)4-9(8)3-10/h5-6,8-10,14,20H,1-4,7H2,(H,21,22)(H,23,24). The Morgan fingerprint density at radius 2 is 1.80 bits per heavy atom. The summed E-state index contributed by atoms with van der Waals surface area (Å²) in [4.78, 5) is 22.4. The van der Waals surface area contributed by atoms with Gasteiger partial charge in [0.25, 0.3) is 0 Å². The summed E-state index contributed by atoms with van der Waals surface area (Å²) in [6, 6.07) is 0.773. The minimum Gasteiger partial charge on any atom is -0.489 e. The zero-order chi connectivity index (χ0) is 18.1. The Morgan fingerprint density at radius 3 is 2.48 bits per heavy atom. The van der Waals surface area contributed by atoms with Crippen molar-refractivity contribution in [3.05, 3.63) is 29.3 Å². The third-order valence-corrected chi connectivity index (χ3v) is 5.10. The number of benzene rings is 1. The van der Waals surface area contributed by atoms with Crippen molar-refractivity contribution in [1.82, 2.24) is 5.32 Å². The number of halogens is 2. The van der Waals surface area contributed by atoms with Gasteiger partial charge in [-0.05, 0) is 50.1 Å². The molecule has 1 aromatic rings. The number of fused-ring (bicyclic) bond motifs is 1. The third kappa shape index (κ3) is 3.73. The first-order chi connectivity index (χ1) is 11.8. The normalized spacial score (nSPS) is 28.9. The number of hydrogen-bond acceptors (Lipinski definition) is 4. The number of rotatable bonds is 4. The van der Waals surface area contributed by atoms with Gasteiger partial charge in [0.1, 0.15) is 17.4 Å². The number of hydrogen-bond donors (Lipinski definition) is 3. The summed E-state index contributed by atoms with van der Waals surface area (Å²) in [6.45, 7) is 0.625. The Bertz CT molecular complexity index is 696. The molecule has 6 nitrogen and oxygen atoms in total. The third-order valence-electron chi connectivity index (χ3n) is 5.10. The molecule has 136 valence electrons. The molecule has 0 bridgehead atoms. The maximum Gasteiger partial charge on any atom is 0.339 e. The van der Waals surface area contributed by atoms with E-state index >= 15 is 0 Å². The molecule has 3 N–H and O–H groups in total. The fraction of sp³-hybridized carbons (Fsp3) is 0.529. The maximum absolute atomic E-state index is 13.5. The molecule has 0 amide bonds. The topological polar surface area (TPSA) is 95.9 Å². The molecule has 0 radical (unpaired) electrons. The van der Waals surface area contributed by atoms with E-state index in [2.05, 4.69) is 5.32 Å². The first-order valence-corrected chi connectivity index (χ1v) is 8.20. The van der Waals surface area contributed by atoms with Gasteiger partial charge in [-0.25, -0.2) is 13.6 Å². The number of nitrogens with one attached hydrogen (secondary N) is 1. The van der Waals surface area contributed by atoms with Crippen LogP contribution in [0.4, 0.5) is 8.78 Å². The van der Waals surface area contributed by atoms with Crippen LogP contribution in [0.25, 0.3) is 0 Å². The highest BCUT2D eigenvalue weighted by Crippen LogP contribution is 2.38. The number of carboxylic acid groups (broad SMARTS) is 2. The van der Waals surface area contributed by atoms with Gasteiger partial charge in [0.15, 0.2) is 11.6 Å². The molecular formula is C17H19F2NO5. The first kappa shape index (κ1) is 17.6. The Balaban J connectivity index is 1.73. The van der Waals surface area contributed by atoms with Crippen LogP contribution in [-0.2, 0) is 4.79 Å². The lowest BCUT2D eigenvalue weighted by atomic mass is 9.72. The lowest BCUT2D eigenvalue weighted by Gasteiger charge is -2.41. The summed E-state index contributed by atoms with van der Waals surface area (Å²) >= 11 is 0. The Morgan fingerprint density at radius 1 is 1.08 bits per heavy atom. The fourth-order valence-corrected chi connectivity index (χ4v) is 3.79. The van der Waals surface area contributed by atoms with Crippen molar-refractivity contribution in [2.24, 2.45) is 11.8 Å². The van der Waals surface area contributed by atoms with Gasteiger partial charge in [-0.1, -0.05) is 0 Å². The first-order valence-electron chi connectivity index (χ1n) is 8.20. The number of ether oxygens (including phenoxy) is 1. The van der Waals surface area contributed by atoms with Crippen molar-refractivity contribution in [1.29, 1.82) is 0 Å². The number of aromatic carboxylic acids is 1. The quantitative estimate of drug-likeness (QED) is 0.767. The maximum atomic E-state index is 13.5. The highest BCUT2D eigenvalue weighted by Gasteiger charge is 2.38. The van der Waals surface area contributed by atoms with E-state index in [-0.39, 0.29) is 17.8 Å². The van der Waals surface area contributed by atoms with E-state index in [1.807, 2.05) is 0 Å². The molecule has 1 saturated carbocycles. The summed E-state index contributed by atoms with van der Waals surface area (Å²) in [5, 5.41) is 21.3. The molecule has 0 aromatic heterocycles. The highest BCUT2D eigenvalue weighted by molar-refractivity contribution is 5.90. The summed E-state index contributed by atoms with van der Waals surface area (Å²) in [5.74, 6) is -4.40. The second-order valence-corrected chi connectivity index (χ2v) is 6.68. The van der Waals surface area contributed by atoms with Gasteiger partial charge in [0.2, 0.25) is 0 Å². The van der Waals surface area contributed by atoms with Crippen LogP contribution in [0.3, 0.4) is 0 Å². The molecule has 2 aliphatic rings. The van der Waals surface area contributed by atoms with Crippen LogP contribution in [0.5, 0.6) is 5.75 Å². The molecule has 4 atom stereocenters. The minimum absolute atomic E-state index is 0.139. The van der Waals surface area contributed by atoms with E-state index in [4.69, 9.17) is 14.9 Å². The van der Waals surface area contributed by atoms with Gasteiger partial charge in [-0.3, -0.25) is 4.79 Å². The lowest BCUT2D eigenvalue weighted by Crippen LogP contribution is -2.50. The van der Waals surface area contributed by atoms with Gasteiger partial charge >= 0.3 is 11.9 Å². The largest absolute Gasteiger partial charge is 0.489 e. The summed E-state index contributed by atoms with van der Waals surface area (Å²) in [7, 11) is 0. The van der Waals surface area contributed by atoms with E-state index in [1.165, 1.54) is 0 Å².